The van der Waals surface area contributed by atoms with Crippen molar-refractivity contribution in [3.05, 3.63) is 35.9 Å². The van der Waals surface area contributed by atoms with Crippen molar-refractivity contribution in [1.29, 1.82) is 0 Å². The molecule has 3 saturated carbocycles. The highest BCUT2D eigenvalue weighted by molar-refractivity contribution is 5.56. The van der Waals surface area contributed by atoms with Gasteiger partial charge < -0.3 is 15.0 Å². The van der Waals surface area contributed by atoms with Crippen LogP contribution < -0.4 is 0 Å². The van der Waals surface area contributed by atoms with Crippen molar-refractivity contribution in [3.8, 4) is 11.5 Å². The van der Waals surface area contributed by atoms with Gasteiger partial charge in [0.25, 0.3) is 0 Å². The average molecular weight is 413 g/mol. The molecule has 4 rings (SSSR count). The van der Waals surface area contributed by atoms with Crippen LogP contribution in [0.3, 0.4) is 0 Å². The van der Waals surface area contributed by atoms with Gasteiger partial charge in [0.2, 0.25) is 0 Å². The number of phenols is 2. The molecule has 3 heteroatoms. The van der Waals surface area contributed by atoms with Gasteiger partial charge in [-0.1, -0.05) is 26.3 Å². The standard InChI is InChI=1S/C24H34O3.C3H6/c1-15-6-18-7-16(2)12-24(11-15,13-18)20-9-21(26)23(22(27)10-20)19-5-3-4-17(8-19)14-25;1-3-2/h9-10,14-19,26-27H,3-8,11-13H2,1-2H3;3H,1H2,2H3. The Balaban J connectivity index is 0.000000806. The zero-order chi connectivity index (χ0) is 21.9. The topological polar surface area (TPSA) is 57.5 Å². The van der Waals surface area contributed by atoms with Gasteiger partial charge in [-0.3, -0.25) is 0 Å². The Morgan fingerprint density at radius 2 is 1.57 bits per heavy atom. The van der Waals surface area contributed by atoms with Gasteiger partial charge in [-0.25, -0.2) is 0 Å². The molecule has 0 amide bonds. The number of benzene rings is 1. The number of rotatable bonds is 3. The predicted molar refractivity (Wildman–Crippen MR) is 123 cm³/mol. The molecule has 3 nitrogen and oxygen atoms in total. The van der Waals surface area contributed by atoms with Gasteiger partial charge in [-0.2, -0.15) is 0 Å². The summed E-state index contributed by atoms with van der Waals surface area (Å²) in [4.78, 5) is 11.2. The summed E-state index contributed by atoms with van der Waals surface area (Å²) in [6.45, 7) is 9.96. The highest BCUT2D eigenvalue weighted by Crippen LogP contribution is 2.56. The van der Waals surface area contributed by atoms with Gasteiger partial charge in [0.05, 0.1) is 0 Å². The Kier molecular flexibility index (Phi) is 7.31. The molecule has 3 fully saturated rings. The van der Waals surface area contributed by atoms with E-state index in [1.54, 1.807) is 6.08 Å². The molecule has 2 bridgehead atoms. The number of fused-ring (bicyclic) bond motifs is 2. The van der Waals surface area contributed by atoms with Gasteiger partial charge in [0, 0.05) is 11.5 Å². The fourth-order valence-electron chi connectivity index (χ4n) is 7.02. The quantitative estimate of drug-likeness (QED) is 0.421. The van der Waals surface area contributed by atoms with Crippen LogP contribution in [0.4, 0.5) is 0 Å². The first-order valence-electron chi connectivity index (χ1n) is 11.9. The zero-order valence-electron chi connectivity index (χ0n) is 19.1. The molecule has 4 unspecified atom stereocenters. The molecule has 0 aliphatic heterocycles. The minimum absolute atomic E-state index is 0.0555. The van der Waals surface area contributed by atoms with E-state index in [1.807, 2.05) is 19.1 Å². The van der Waals surface area contributed by atoms with E-state index in [4.69, 9.17) is 0 Å². The van der Waals surface area contributed by atoms with Crippen LogP contribution in [0, 0.1) is 23.7 Å². The molecule has 4 atom stereocenters. The maximum atomic E-state index is 11.2. The number of hydrogen-bond donors (Lipinski definition) is 2. The van der Waals surface area contributed by atoms with Crippen molar-refractivity contribution < 1.29 is 15.0 Å². The third-order valence-electron chi connectivity index (χ3n) is 7.69. The van der Waals surface area contributed by atoms with E-state index >= 15 is 0 Å². The summed E-state index contributed by atoms with van der Waals surface area (Å²) in [6.07, 6.45) is 12.5. The summed E-state index contributed by atoms with van der Waals surface area (Å²) in [6, 6.07) is 3.90. The summed E-state index contributed by atoms with van der Waals surface area (Å²) < 4.78 is 0. The van der Waals surface area contributed by atoms with Crippen molar-refractivity contribution in [3.63, 3.8) is 0 Å². The molecule has 0 saturated heterocycles. The van der Waals surface area contributed by atoms with E-state index < -0.39 is 0 Å². The molecule has 3 aliphatic carbocycles. The Hall–Kier alpha value is -1.77. The number of allylic oxidation sites excluding steroid dienone is 1. The van der Waals surface area contributed by atoms with Crippen molar-refractivity contribution in [2.45, 2.75) is 89.9 Å². The lowest BCUT2D eigenvalue weighted by Gasteiger charge is -2.50. The first-order chi connectivity index (χ1) is 14.3. The third kappa shape index (κ3) is 4.76. The van der Waals surface area contributed by atoms with Crippen molar-refractivity contribution in [2.24, 2.45) is 23.7 Å². The lowest BCUT2D eigenvalue weighted by Crippen LogP contribution is -2.42. The Bertz CT molecular complexity index is 710. The van der Waals surface area contributed by atoms with Crippen molar-refractivity contribution in [1.82, 2.24) is 0 Å². The molecule has 0 spiro atoms. The van der Waals surface area contributed by atoms with Crippen LogP contribution in [-0.2, 0) is 10.2 Å². The molecular weight excluding hydrogens is 372 g/mol. The van der Waals surface area contributed by atoms with Crippen LogP contribution in [0.5, 0.6) is 11.5 Å². The van der Waals surface area contributed by atoms with E-state index in [1.165, 1.54) is 19.3 Å². The lowest BCUT2D eigenvalue weighted by molar-refractivity contribution is -0.112. The van der Waals surface area contributed by atoms with Crippen LogP contribution in [0.15, 0.2) is 24.8 Å². The number of hydrogen-bond acceptors (Lipinski definition) is 3. The van der Waals surface area contributed by atoms with E-state index in [-0.39, 0.29) is 28.7 Å². The Morgan fingerprint density at radius 3 is 2.10 bits per heavy atom. The zero-order valence-corrected chi connectivity index (χ0v) is 19.1. The SMILES string of the molecule is C=CC.CC1CC2CC(C)CC(c3cc(O)c(C4CCCC(C=O)C4)c(O)c3)(C1)C2. The number of carbonyl (C=O) groups is 1. The van der Waals surface area contributed by atoms with Crippen molar-refractivity contribution >= 4 is 6.29 Å². The number of aldehydes is 1. The van der Waals surface area contributed by atoms with E-state index in [0.717, 1.165) is 56.3 Å². The van der Waals surface area contributed by atoms with Gasteiger partial charge in [0.1, 0.15) is 17.8 Å². The molecule has 3 aliphatic rings. The first-order valence-corrected chi connectivity index (χ1v) is 11.9. The fourth-order valence-corrected chi connectivity index (χ4v) is 7.02. The molecule has 2 N–H and O–H groups in total. The molecule has 30 heavy (non-hydrogen) atoms. The third-order valence-corrected chi connectivity index (χ3v) is 7.69. The number of carbonyl (C=O) groups excluding carboxylic acids is 1. The fraction of sp³-hybridized carbons (Fsp3) is 0.667. The monoisotopic (exact) mass is 412 g/mol. The maximum Gasteiger partial charge on any atom is 0.123 e. The second kappa shape index (κ2) is 9.58. The van der Waals surface area contributed by atoms with Gasteiger partial charge >= 0.3 is 0 Å². The van der Waals surface area contributed by atoms with Crippen molar-refractivity contribution in [2.75, 3.05) is 0 Å². The van der Waals surface area contributed by atoms with Gasteiger partial charge in [-0.15, -0.1) is 6.58 Å². The van der Waals surface area contributed by atoms with Crippen LogP contribution in [0.1, 0.15) is 95.6 Å². The minimum atomic E-state index is 0.0555. The molecule has 1 aromatic carbocycles. The number of aromatic hydroxyl groups is 2. The molecular formula is C27H40O3. The predicted octanol–water partition coefficient (Wildman–Crippen LogP) is 6.87. The van der Waals surface area contributed by atoms with E-state index in [2.05, 4.69) is 20.4 Å². The smallest absolute Gasteiger partial charge is 0.123 e. The number of phenolic OH excluding ortho intramolecular Hbond substituents is 2. The summed E-state index contributed by atoms with van der Waals surface area (Å²) in [7, 11) is 0. The minimum Gasteiger partial charge on any atom is -0.508 e. The molecule has 166 valence electrons. The second-order valence-electron chi connectivity index (χ2n) is 10.5. The molecule has 0 aromatic heterocycles. The Morgan fingerprint density at radius 1 is 1.00 bits per heavy atom. The molecule has 0 radical (unpaired) electrons. The van der Waals surface area contributed by atoms with Crippen LogP contribution in [0.2, 0.25) is 0 Å². The van der Waals surface area contributed by atoms with Crippen LogP contribution >= 0.6 is 0 Å². The Labute approximate surface area is 182 Å². The summed E-state index contributed by atoms with van der Waals surface area (Å²) in [5.74, 6) is 2.79. The first kappa shape index (κ1) is 22.9. The highest BCUT2D eigenvalue weighted by Gasteiger charge is 2.45. The second-order valence-corrected chi connectivity index (χ2v) is 10.5. The largest absolute Gasteiger partial charge is 0.508 e. The summed E-state index contributed by atoms with van der Waals surface area (Å²) in [5, 5.41) is 21.8. The lowest BCUT2D eigenvalue weighted by atomic mass is 9.54. The maximum absolute atomic E-state index is 11.2. The molecule has 1 aromatic rings. The molecule has 0 heterocycles. The summed E-state index contributed by atoms with van der Waals surface area (Å²) >= 11 is 0. The highest BCUT2D eigenvalue weighted by atomic mass is 16.3. The van der Waals surface area contributed by atoms with Gasteiger partial charge in [-0.05, 0) is 105 Å². The van der Waals surface area contributed by atoms with Gasteiger partial charge in [0.15, 0.2) is 0 Å². The average Bonchev–Trinajstić information content (AvgIpc) is 2.67. The van der Waals surface area contributed by atoms with E-state index in [9.17, 15) is 15.0 Å². The normalized spacial score (nSPS) is 35.6. The van der Waals surface area contributed by atoms with Crippen LogP contribution in [-0.4, -0.2) is 16.5 Å². The summed E-state index contributed by atoms with van der Waals surface area (Å²) in [5.41, 5.74) is 1.91. The van der Waals surface area contributed by atoms with E-state index in [0.29, 0.717) is 17.4 Å². The van der Waals surface area contributed by atoms with Crippen LogP contribution in [0.25, 0.3) is 0 Å².